The van der Waals surface area contributed by atoms with E-state index in [2.05, 4.69) is 32.3 Å². The lowest BCUT2D eigenvalue weighted by Gasteiger charge is -2.55. The fourth-order valence-corrected chi connectivity index (χ4v) is 4.50. The van der Waals surface area contributed by atoms with Crippen LogP contribution in [0, 0.1) is 5.41 Å². The van der Waals surface area contributed by atoms with E-state index in [-0.39, 0.29) is 0 Å². The van der Waals surface area contributed by atoms with Crippen LogP contribution in [-0.2, 0) is 4.74 Å². The molecule has 3 atom stereocenters. The highest BCUT2D eigenvalue weighted by Gasteiger charge is 2.51. The van der Waals surface area contributed by atoms with Gasteiger partial charge < -0.3 is 10.1 Å². The first-order valence-electron chi connectivity index (χ1n) is 8.04. The summed E-state index contributed by atoms with van der Waals surface area (Å²) in [5.74, 6) is 0. The van der Waals surface area contributed by atoms with Gasteiger partial charge in [0.2, 0.25) is 0 Å². The van der Waals surface area contributed by atoms with E-state index in [1.54, 1.807) is 0 Å². The number of nitrogens with one attached hydrogen (secondary N) is 1. The summed E-state index contributed by atoms with van der Waals surface area (Å²) in [6, 6.07) is 1.42. The average Bonchev–Trinajstić information content (AvgIpc) is 2.46. The standard InChI is InChI=1S/C16H31NOS/c1-5-16(3)14(11-15(16)18-6-2)17-12-7-9-13(19-4)10-8-12/h12-15,17H,5-11H2,1-4H3. The zero-order chi connectivity index (χ0) is 13.9. The Morgan fingerprint density at radius 3 is 2.42 bits per heavy atom. The van der Waals surface area contributed by atoms with Crippen LogP contribution >= 0.6 is 11.8 Å². The Bertz CT molecular complexity index is 278. The Kier molecular flexibility index (Phi) is 5.62. The zero-order valence-electron chi connectivity index (χ0n) is 13.1. The molecule has 0 amide bonds. The molecule has 0 spiro atoms. The lowest BCUT2D eigenvalue weighted by Crippen LogP contribution is -2.64. The fraction of sp³-hybridized carbons (Fsp3) is 1.00. The number of hydrogen-bond acceptors (Lipinski definition) is 3. The van der Waals surface area contributed by atoms with E-state index < -0.39 is 0 Å². The summed E-state index contributed by atoms with van der Waals surface area (Å²) in [6.07, 6.45) is 10.7. The summed E-state index contributed by atoms with van der Waals surface area (Å²) < 4.78 is 5.89. The van der Waals surface area contributed by atoms with Crippen LogP contribution in [0.1, 0.15) is 59.3 Å². The maximum Gasteiger partial charge on any atom is 0.0658 e. The normalized spacial score (nSPS) is 42.9. The van der Waals surface area contributed by atoms with E-state index >= 15 is 0 Å². The van der Waals surface area contributed by atoms with Crippen LogP contribution in [0.4, 0.5) is 0 Å². The first-order valence-corrected chi connectivity index (χ1v) is 9.33. The number of thioether (sulfide) groups is 1. The van der Waals surface area contributed by atoms with Gasteiger partial charge in [0.1, 0.15) is 0 Å². The van der Waals surface area contributed by atoms with Gasteiger partial charge in [-0.3, -0.25) is 0 Å². The van der Waals surface area contributed by atoms with E-state index in [9.17, 15) is 0 Å². The number of hydrogen-bond donors (Lipinski definition) is 1. The summed E-state index contributed by atoms with van der Waals surface area (Å²) in [7, 11) is 0. The first-order chi connectivity index (χ1) is 9.13. The smallest absolute Gasteiger partial charge is 0.0658 e. The van der Waals surface area contributed by atoms with E-state index in [0.29, 0.717) is 17.6 Å². The molecule has 2 aliphatic carbocycles. The lowest BCUT2D eigenvalue weighted by atomic mass is 9.61. The minimum atomic E-state index is 0.354. The van der Waals surface area contributed by atoms with Crippen LogP contribution in [0.15, 0.2) is 0 Å². The van der Waals surface area contributed by atoms with Crippen molar-refractivity contribution >= 4 is 11.8 Å². The molecule has 0 aromatic carbocycles. The fourth-order valence-electron chi connectivity index (χ4n) is 3.76. The van der Waals surface area contributed by atoms with Crippen molar-refractivity contribution in [2.45, 2.75) is 82.7 Å². The maximum absolute atomic E-state index is 5.89. The van der Waals surface area contributed by atoms with Crippen molar-refractivity contribution in [3.05, 3.63) is 0 Å². The molecule has 3 heteroatoms. The van der Waals surface area contributed by atoms with E-state index in [4.69, 9.17) is 4.74 Å². The summed E-state index contributed by atoms with van der Waals surface area (Å²) in [4.78, 5) is 0. The molecule has 0 aromatic rings. The molecule has 0 aliphatic heterocycles. The van der Waals surface area contributed by atoms with Gasteiger partial charge in [0.25, 0.3) is 0 Å². The second-order valence-corrected chi connectivity index (χ2v) is 7.61. The second kappa shape index (κ2) is 6.82. The van der Waals surface area contributed by atoms with Crippen LogP contribution in [0.5, 0.6) is 0 Å². The molecule has 0 bridgehead atoms. The molecule has 19 heavy (non-hydrogen) atoms. The van der Waals surface area contributed by atoms with Crippen molar-refractivity contribution in [1.29, 1.82) is 0 Å². The number of ether oxygens (including phenoxy) is 1. The van der Waals surface area contributed by atoms with Gasteiger partial charge >= 0.3 is 0 Å². The van der Waals surface area contributed by atoms with Gasteiger partial charge in [-0.2, -0.15) is 11.8 Å². The molecule has 0 heterocycles. The van der Waals surface area contributed by atoms with Crippen LogP contribution in [0.3, 0.4) is 0 Å². The molecule has 1 N–H and O–H groups in total. The molecule has 2 fully saturated rings. The highest BCUT2D eigenvalue weighted by atomic mass is 32.2. The Morgan fingerprint density at radius 1 is 1.21 bits per heavy atom. The molecule has 2 rings (SSSR count). The highest BCUT2D eigenvalue weighted by Crippen LogP contribution is 2.46. The minimum absolute atomic E-state index is 0.354. The van der Waals surface area contributed by atoms with Gasteiger partial charge in [0.15, 0.2) is 0 Å². The van der Waals surface area contributed by atoms with Gasteiger partial charge in [-0.05, 0) is 51.7 Å². The van der Waals surface area contributed by atoms with E-state index in [1.807, 2.05) is 11.8 Å². The topological polar surface area (TPSA) is 21.3 Å². The monoisotopic (exact) mass is 285 g/mol. The van der Waals surface area contributed by atoms with E-state index in [0.717, 1.165) is 17.9 Å². The average molecular weight is 285 g/mol. The Morgan fingerprint density at radius 2 is 1.89 bits per heavy atom. The SMILES string of the molecule is CCOC1CC(NC2CCC(SC)CC2)C1(C)CC. The molecule has 2 aliphatic rings. The summed E-state index contributed by atoms with van der Waals surface area (Å²) >= 11 is 2.05. The molecule has 0 aromatic heterocycles. The predicted octanol–water partition coefficient (Wildman–Crippen LogP) is 3.84. The summed E-state index contributed by atoms with van der Waals surface area (Å²) in [6.45, 7) is 7.68. The van der Waals surface area contributed by atoms with Crippen molar-refractivity contribution in [2.75, 3.05) is 12.9 Å². The molecule has 2 nitrogen and oxygen atoms in total. The first kappa shape index (κ1) is 15.7. The molecular weight excluding hydrogens is 254 g/mol. The van der Waals surface area contributed by atoms with E-state index in [1.165, 1.54) is 38.5 Å². The van der Waals surface area contributed by atoms with Crippen molar-refractivity contribution in [1.82, 2.24) is 5.32 Å². The van der Waals surface area contributed by atoms with Gasteiger partial charge in [0.05, 0.1) is 6.10 Å². The van der Waals surface area contributed by atoms with Gasteiger partial charge in [-0.15, -0.1) is 0 Å². The summed E-state index contributed by atoms with van der Waals surface area (Å²) in [5.41, 5.74) is 0.354. The van der Waals surface area contributed by atoms with Crippen LogP contribution < -0.4 is 5.32 Å². The largest absolute Gasteiger partial charge is 0.378 e. The van der Waals surface area contributed by atoms with Crippen molar-refractivity contribution < 1.29 is 4.74 Å². The van der Waals surface area contributed by atoms with Crippen molar-refractivity contribution in [3.63, 3.8) is 0 Å². The van der Waals surface area contributed by atoms with Gasteiger partial charge in [0, 0.05) is 29.4 Å². The molecular formula is C16H31NOS. The van der Waals surface area contributed by atoms with Crippen LogP contribution in [0.25, 0.3) is 0 Å². The van der Waals surface area contributed by atoms with Gasteiger partial charge in [-0.1, -0.05) is 13.8 Å². The van der Waals surface area contributed by atoms with Crippen LogP contribution in [0.2, 0.25) is 0 Å². The highest BCUT2D eigenvalue weighted by molar-refractivity contribution is 7.99. The lowest BCUT2D eigenvalue weighted by molar-refractivity contribution is -0.128. The third-order valence-corrected chi connectivity index (χ3v) is 6.69. The number of rotatable bonds is 6. The second-order valence-electron chi connectivity index (χ2n) is 6.47. The Hall–Kier alpha value is 0.270. The van der Waals surface area contributed by atoms with Crippen molar-refractivity contribution in [3.8, 4) is 0 Å². The Labute approximate surface area is 123 Å². The minimum Gasteiger partial charge on any atom is -0.378 e. The van der Waals surface area contributed by atoms with Crippen LogP contribution in [-0.4, -0.2) is 36.3 Å². The third-order valence-electron chi connectivity index (χ3n) is 5.56. The Balaban J connectivity index is 1.81. The zero-order valence-corrected chi connectivity index (χ0v) is 13.9. The predicted molar refractivity (Wildman–Crippen MR) is 84.9 cm³/mol. The molecule has 2 saturated carbocycles. The summed E-state index contributed by atoms with van der Waals surface area (Å²) in [5, 5.41) is 4.85. The van der Waals surface area contributed by atoms with Crippen molar-refractivity contribution in [2.24, 2.45) is 5.41 Å². The quantitative estimate of drug-likeness (QED) is 0.801. The molecule has 3 unspecified atom stereocenters. The maximum atomic E-state index is 5.89. The molecule has 0 saturated heterocycles. The van der Waals surface area contributed by atoms with Gasteiger partial charge in [-0.25, -0.2) is 0 Å². The molecule has 112 valence electrons. The third kappa shape index (κ3) is 3.30. The molecule has 0 radical (unpaired) electrons.